The molecule has 0 aromatic carbocycles. The van der Waals surface area contributed by atoms with Crippen LogP contribution in [0.15, 0.2) is 9.59 Å². The maximum atomic E-state index is 11.9. The number of hydrogen-bond donors (Lipinski definition) is 1. The lowest BCUT2D eigenvalue weighted by Gasteiger charge is -2.13. The molecule has 0 radical (unpaired) electrons. The molecule has 0 saturated carbocycles. The molecule has 16 heavy (non-hydrogen) atoms. The van der Waals surface area contributed by atoms with Crippen LogP contribution in [0.4, 0.5) is 11.5 Å². The number of nitrogens with zero attached hydrogens (tertiary/aromatic N) is 3. The van der Waals surface area contributed by atoms with Crippen molar-refractivity contribution in [1.82, 2.24) is 9.13 Å². The quantitative estimate of drug-likeness (QED) is 0.617. The fourth-order valence-corrected chi connectivity index (χ4v) is 1.81. The summed E-state index contributed by atoms with van der Waals surface area (Å²) in [5.41, 5.74) is -0.397. The first-order valence-corrected chi connectivity index (χ1v) is 4.80. The second-order valence-corrected chi connectivity index (χ2v) is 3.63. The third-order valence-corrected chi connectivity index (χ3v) is 2.69. The Bertz CT molecular complexity index is 557. The van der Waals surface area contributed by atoms with Crippen LogP contribution in [-0.4, -0.2) is 28.6 Å². The number of aromatic nitrogens is 2. The topological polar surface area (TPSA) is 76.3 Å². The molecule has 0 aliphatic carbocycles. The molecule has 1 N–H and O–H groups in total. The van der Waals surface area contributed by atoms with E-state index in [-0.39, 0.29) is 17.8 Å². The molecule has 0 bridgehead atoms. The first-order chi connectivity index (χ1) is 7.57. The smallest absolute Gasteiger partial charge is 0.332 e. The van der Waals surface area contributed by atoms with E-state index < -0.39 is 0 Å². The number of aldehydes is 1. The number of nitrogens with one attached hydrogen (secondary N) is 1. The van der Waals surface area contributed by atoms with Crippen molar-refractivity contribution in [3.8, 4) is 0 Å². The van der Waals surface area contributed by atoms with Gasteiger partial charge < -0.3 is 15.0 Å². The van der Waals surface area contributed by atoms with Crippen LogP contribution in [0.5, 0.6) is 0 Å². The van der Waals surface area contributed by atoms with E-state index in [1.165, 1.54) is 11.6 Å². The summed E-state index contributed by atoms with van der Waals surface area (Å²) in [4.78, 5) is 35.6. The average molecular weight is 224 g/mol. The third-order valence-electron chi connectivity index (χ3n) is 2.69. The van der Waals surface area contributed by atoms with Gasteiger partial charge in [-0.2, -0.15) is 0 Å². The molecule has 86 valence electrons. The van der Waals surface area contributed by atoms with E-state index in [9.17, 15) is 14.4 Å². The summed E-state index contributed by atoms with van der Waals surface area (Å²) in [6.07, 6.45) is 0.724. The van der Waals surface area contributed by atoms with Crippen LogP contribution in [-0.2, 0) is 18.9 Å². The minimum atomic E-state index is -0.385. The molecule has 0 spiro atoms. The predicted octanol–water partition coefficient (Wildman–Crippen LogP) is -1.53. The van der Waals surface area contributed by atoms with Crippen LogP contribution in [0, 0.1) is 0 Å². The first-order valence-electron chi connectivity index (χ1n) is 4.80. The molecular formula is C9H12N4O3. The van der Waals surface area contributed by atoms with Crippen LogP contribution in [0.1, 0.15) is 0 Å². The molecular weight excluding hydrogens is 212 g/mol. The van der Waals surface area contributed by atoms with Crippen molar-refractivity contribution in [2.45, 2.75) is 0 Å². The summed E-state index contributed by atoms with van der Waals surface area (Å²) < 4.78 is 2.39. The van der Waals surface area contributed by atoms with Gasteiger partial charge in [0.2, 0.25) is 0 Å². The normalized spacial score (nSPS) is 13.5. The molecule has 1 aliphatic heterocycles. The lowest BCUT2D eigenvalue weighted by Crippen LogP contribution is -2.39. The summed E-state index contributed by atoms with van der Waals surface area (Å²) in [6, 6.07) is 0. The molecule has 0 atom stereocenters. The van der Waals surface area contributed by atoms with Gasteiger partial charge in [-0.1, -0.05) is 0 Å². The van der Waals surface area contributed by atoms with Crippen molar-refractivity contribution in [2.24, 2.45) is 14.1 Å². The first kappa shape index (κ1) is 10.5. The van der Waals surface area contributed by atoms with E-state index in [0.29, 0.717) is 18.2 Å². The molecule has 1 aromatic rings. The van der Waals surface area contributed by atoms with Gasteiger partial charge in [0.1, 0.15) is 17.8 Å². The summed E-state index contributed by atoms with van der Waals surface area (Å²) in [6.45, 7) is 0.494. The number of anilines is 2. The number of carbonyl (C=O) groups is 1. The monoisotopic (exact) mass is 224 g/mol. The van der Waals surface area contributed by atoms with Crippen LogP contribution < -0.4 is 21.5 Å². The predicted molar refractivity (Wildman–Crippen MR) is 58.8 cm³/mol. The van der Waals surface area contributed by atoms with Crippen molar-refractivity contribution in [2.75, 3.05) is 23.4 Å². The second kappa shape index (κ2) is 3.51. The Hall–Kier alpha value is -2.05. The van der Waals surface area contributed by atoms with E-state index in [4.69, 9.17) is 0 Å². The van der Waals surface area contributed by atoms with E-state index in [1.807, 2.05) is 0 Å². The summed E-state index contributed by atoms with van der Waals surface area (Å²) >= 11 is 0. The third kappa shape index (κ3) is 1.24. The molecule has 7 nitrogen and oxygen atoms in total. The van der Waals surface area contributed by atoms with E-state index in [1.54, 1.807) is 11.9 Å². The van der Waals surface area contributed by atoms with Crippen LogP contribution in [0.2, 0.25) is 0 Å². The minimum Gasteiger partial charge on any atom is -0.352 e. The van der Waals surface area contributed by atoms with Gasteiger partial charge in [-0.15, -0.1) is 0 Å². The standard InChI is InChI=1S/C9H12N4O3/c1-11-7-6(8(15)12(2)9(11)16)13(3-4-14)5-10-7/h4,10H,3,5H2,1-2H3. The fraction of sp³-hybridized carbons (Fsp3) is 0.444. The van der Waals surface area contributed by atoms with Crippen molar-refractivity contribution < 1.29 is 4.79 Å². The fourth-order valence-electron chi connectivity index (χ4n) is 1.81. The number of hydrogen-bond acceptors (Lipinski definition) is 5. The lowest BCUT2D eigenvalue weighted by atomic mass is 10.4. The van der Waals surface area contributed by atoms with Gasteiger partial charge in [0.05, 0.1) is 13.2 Å². The molecule has 0 saturated heterocycles. The maximum absolute atomic E-state index is 11.9. The molecule has 2 heterocycles. The highest BCUT2D eigenvalue weighted by atomic mass is 16.2. The Kier molecular flexibility index (Phi) is 2.30. The van der Waals surface area contributed by atoms with E-state index in [2.05, 4.69) is 5.32 Å². The van der Waals surface area contributed by atoms with Gasteiger partial charge in [-0.3, -0.25) is 13.9 Å². The zero-order valence-corrected chi connectivity index (χ0v) is 9.06. The lowest BCUT2D eigenvalue weighted by molar-refractivity contribution is -0.106. The summed E-state index contributed by atoms with van der Waals surface area (Å²) in [5, 5.41) is 2.93. The van der Waals surface area contributed by atoms with Crippen LogP contribution in [0.25, 0.3) is 0 Å². The Morgan fingerprint density at radius 1 is 1.31 bits per heavy atom. The largest absolute Gasteiger partial charge is 0.352 e. The molecule has 1 aromatic heterocycles. The summed E-state index contributed by atoms with van der Waals surface area (Å²) in [5.74, 6) is 0.468. The van der Waals surface area contributed by atoms with Crippen molar-refractivity contribution >= 4 is 17.8 Å². The number of rotatable bonds is 2. The van der Waals surface area contributed by atoms with Crippen LogP contribution in [0.3, 0.4) is 0 Å². The van der Waals surface area contributed by atoms with E-state index in [0.717, 1.165) is 10.9 Å². The molecule has 1 aliphatic rings. The Morgan fingerprint density at radius 3 is 2.62 bits per heavy atom. The van der Waals surface area contributed by atoms with Gasteiger partial charge >= 0.3 is 5.69 Å². The molecule has 0 amide bonds. The second-order valence-electron chi connectivity index (χ2n) is 3.63. The number of fused-ring (bicyclic) bond motifs is 1. The van der Waals surface area contributed by atoms with Gasteiger partial charge in [0.25, 0.3) is 5.56 Å². The maximum Gasteiger partial charge on any atom is 0.332 e. The zero-order valence-electron chi connectivity index (χ0n) is 9.06. The highest BCUT2D eigenvalue weighted by molar-refractivity contribution is 5.74. The van der Waals surface area contributed by atoms with Crippen molar-refractivity contribution in [3.05, 3.63) is 20.8 Å². The van der Waals surface area contributed by atoms with Gasteiger partial charge in [0, 0.05) is 14.1 Å². The molecule has 2 rings (SSSR count). The Balaban J connectivity index is 2.72. The van der Waals surface area contributed by atoms with Gasteiger partial charge in [0.15, 0.2) is 0 Å². The highest BCUT2D eigenvalue weighted by Gasteiger charge is 2.26. The minimum absolute atomic E-state index is 0.132. The highest BCUT2D eigenvalue weighted by Crippen LogP contribution is 2.24. The molecule has 0 fully saturated rings. The van der Waals surface area contributed by atoms with Crippen molar-refractivity contribution in [1.29, 1.82) is 0 Å². The van der Waals surface area contributed by atoms with E-state index >= 15 is 0 Å². The summed E-state index contributed by atoms with van der Waals surface area (Å²) in [7, 11) is 3.00. The number of carbonyl (C=O) groups excluding carboxylic acids is 1. The van der Waals surface area contributed by atoms with Gasteiger partial charge in [-0.25, -0.2) is 4.79 Å². The average Bonchev–Trinajstić information content (AvgIpc) is 2.68. The SMILES string of the molecule is Cn1c2c(c(=O)n(C)c1=O)N(CC=O)CN2. The van der Waals surface area contributed by atoms with Crippen molar-refractivity contribution in [3.63, 3.8) is 0 Å². The molecule has 0 unspecified atom stereocenters. The van der Waals surface area contributed by atoms with Gasteiger partial charge in [-0.05, 0) is 0 Å². The Morgan fingerprint density at radius 2 is 2.00 bits per heavy atom. The zero-order chi connectivity index (χ0) is 11.9. The van der Waals surface area contributed by atoms with Crippen LogP contribution >= 0.6 is 0 Å². The molecule has 7 heteroatoms. The Labute approximate surface area is 90.9 Å².